The van der Waals surface area contributed by atoms with E-state index in [0.29, 0.717) is 5.92 Å². The standard InChI is InChI=1S/C24H26N2O2S.CH4/c1-2-10-26-22(14-18-9-13-29-24(18)26)23(27)20-16-25(15-17-7-11-28-12-8-17)21-6-4-3-5-19(20)21;/h3-6,9,13-14,16-17H,2,7-8,10-12,15H2,1H3;1H4. The quantitative estimate of drug-likeness (QED) is 0.339. The van der Waals surface area contributed by atoms with E-state index in [4.69, 9.17) is 4.74 Å². The van der Waals surface area contributed by atoms with Crippen LogP contribution in [0.4, 0.5) is 0 Å². The summed E-state index contributed by atoms with van der Waals surface area (Å²) in [7, 11) is 0. The SMILES string of the molecule is C.CCCn1c(C(=O)c2cn(CC3CCOCC3)c3ccccc23)cc2ccsc21. The molecule has 0 saturated carbocycles. The van der Waals surface area contributed by atoms with Gasteiger partial charge in [0.05, 0.1) is 5.69 Å². The lowest BCUT2D eigenvalue weighted by Crippen LogP contribution is -2.20. The first kappa shape index (κ1) is 20.9. The summed E-state index contributed by atoms with van der Waals surface area (Å²) in [6.07, 6.45) is 5.27. The fourth-order valence-corrected chi connectivity index (χ4v) is 5.46. The molecule has 5 heteroatoms. The maximum Gasteiger partial charge on any atom is 0.211 e. The van der Waals surface area contributed by atoms with E-state index >= 15 is 0 Å². The van der Waals surface area contributed by atoms with E-state index in [1.807, 2.05) is 6.07 Å². The number of aromatic nitrogens is 2. The molecular weight excluding hydrogens is 392 g/mol. The summed E-state index contributed by atoms with van der Waals surface area (Å²) in [5.41, 5.74) is 2.77. The van der Waals surface area contributed by atoms with Crippen molar-refractivity contribution in [1.82, 2.24) is 9.13 Å². The molecule has 0 N–H and O–H groups in total. The van der Waals surface area contributed by atoms with Crippen LogP contribution in [0.3, 0.4) is 0 Å². The first-order valence-electron chi connectivity index (χ1n) is 10.5. The maximum absolute atomic E-state index is 13.7. The van der Waals surface area contributed by atoms with Crippen molar-refractivity contribution in [3.8, 4) is 0 Å². The Balaban J connectivity index is 0.00000218. The molecule has 0 bridgehead atoms. The zero-order valence-corrected chi connectivity index (χ0v) is 17.6. The molecule has 3 aromatic heterocycles. The van der Waals surface area contributed by atoms with Crippen LogP contribution in [-0.2, 0) is 17.8 Å². The average molecular weight is 423 g/mol. The second-order valence-electron chi connectivity index (χ2n) is 7.96. The zero-order chi connectivity index (χ0) is 19.8. The van der Waals surface area contributed by atoms with Gasteiger partial charge in [0.25, 0.3) is 0 Å². The number of rotatable bonds is 6. The van der Waals surface area contributed by atoms with Crippen LogP contribution in [0.1, 0.15) is 49.7 Å². The highest BCUT2D eigenvalue weighted by Gasteiger charge is 2.23. The Morgan fingerprint density at radius 3 is 2.80 bits per heavy atom. The van der Waals surface area contributed by atoms with Crippen molar-refractivity contribution in [2.75, 3.05) is 13.2 Å². The van der Waals surface area contributed by atoms with Crippen LogP contribution in [0.2, 0.25) is 0 Å². The number of hydrogen-bond donors (Lipinski definition) is 0. The van der Waals surface area contributed by atoms with Gasteiger partial charge in [-0.2, -0.15) is 0 Å². The van der Waals surface area contributed by atoms with Crippen LogP contribution >= 0.6 is 11.3 Å². The van der Waals surface area contributed by atoms with Crippen molar-refractivity contribution in [3.63, 3.8) is 0 Å². The monoisotopic (exact) mass is 422 g/mol. The van der Waals surface area contributed by atoms with Crippen LogP contribution < -0.4 is 0 Å². The second kappa shape index (κ2) is 8.78. The van der Waals surface area contributed by atoms with Gasteiger partial charge in [-0.15, -0.1) is 11.3 Å². The highest BCUT2D eigenvalue weighted by Crippen LogP contribution is 2.30. The molecule has 4 aromatic rings. The van der Waals surface area contributed by atoms with E-state index in [1.165, 1.54) is 4.83 Å². The molecule has 5 rings (SSSR count). The molecule has 0 aliphatic carbocycles. The van der Waals surface area contributed by atoms with Crippen molar-refractivity contribution < 1.29 is 9.53 Å². The van der Waals surface area contributed by atoms with Gasteiger partial charge in [0.2, 0.25) is 5.78 Å². The van der Waals surface area contributed by atoms with Crippen molar-refractivity contribution in [3.05, 3.63) is 59.2 Å². The fraction of sp³-hybridized carbons (Fsp3) is 0.400. The third kappa shape index (κ3) is 3.61. The Kier molecular flexibility index (Phi) is 6.11. The Morgan fingerprint density at radius 1 is 1.20 bits per heavy atom. The topological polar surface area (TPSA) is 36.2 Å². The number of carbonyl (C=O) groups excluding carboxylic acids is 1. The highest BCUT2D eigenvalue weighted by molar-refractivity contribution is 7.16. The second-order valence-corrected chi connectivity index (χ2v) is 8.85. The number of ketones is 1. The van der Waals surface area contributed by atoms with Gasteiger partial charge in [0.15, 0.2) is 0 Å². The molecule has 1 aliphatic rings. The number of carbonyl (C=O) groups is 1. The van der Waals surface area contributed by atoms with Gasteiger partial charge >= 0.3 is 0 Å². The fourth-order valence-electron chi connectivity index (χ4n) is 4.53. The summed E-state index contributed by atoms with van der Waals surface area (Å²) < 4.78 is 10.0. The molecule has 1 saturated heterocycles. The minimum absolute atomic E-state index is 0. The first-order valence-corrected chi connectivity index (χ1v) is 11.4. The summed E-state index contributed by atoms with van der Waals surface area (Å²) in [6.45, 7) is 5.66. The molecule has 1 aromatic carbocycles. The Labute approximate surface area is 182 Å². The lowest BCUT2D eigenvalue weighted by atomic mass is 10.0. The Bertz CT molecular complexity index is 1160. The van der Waals surface area contributed by atoms with E-state index in [-0.39, 0.29) is 13.2 Å². The molecule has 1 aliphatic heterocycles. The predicted molar refractivity (Wildman–Crippen MR) is 126 cm³/mol. The van der Waals surface area contributed by atoms with Crippen molar-refractivity contribution in [1.29, 1.82) is 0 Å². The summed E-state index contributed by atoms with van der Waals surface area (Å²) in [5, 5.41) is 4.32. The summed E-state index contributed by atoms with van der Waals surface area (Å²) in [4.78, 5) is 14.9. The molecule has 0 atom stereocenters. The van der Waals surface area contributed by atoms with Gasteiger partial charge < -0.3 is 13.9 Å². The zero-order valence-electron chi connectivity index (χ0n) is 16.8. The van der Waals surface area contributed by atoms with Gasteiger partial charge in [0.1, 0.15) is 4.83 Å². The number of fused-ring (bicyclic) bond motifs is 2. The molecule has 0 spiro atoms. The molecule has 158 valence electrons. The molecule has 4 nitrogen and oxygen atoms in total. The number of benzene rings is 1. The van der Waals surface area contributed by atoms with Crippen LogP contribution in [0.25, 0.3) is 21.1 Å². The van der Waals surface area contributed by atoms with E-state index in [1.54, 1.807) is 11.3 Å². The van der Waals surface area contributed by atoms with Crippen LogP contribution in [0.5, 0.6) is 0 Å². The predicted octanol–water partition coefficient (Wildman–Crippen LogP) is 6.36. The first-order chi connectivity index (χ1) is 14.3. The van der Waals surface area contributed by atoms with E-state index in [0.717, 1.165) is 73.1 Å². The average Bonchev–Trinajstić information content (AvgIpc) is 3.44. The van der Waals surface area contributed by atoms with Crippen LogP contribution in [-0.4, -0.2) is 28.1 Å². The van der Waals surface area contributed by atoms with Crippen molar-refractivity contribution in [2.24, 2.45) is 5.92 Å². The van der Waals surface area contributed by atoms with E-state index < -0.39 is 0 Å². The maximum atomic E-state index is 13.7. The van der Waals surface area contributed by atoms with Crippen LogP contribution in [0.15, 0.2) is 48.0 Å². The highest BCUT2D eigenvalue weighted by atomic mass is 32.1. The molecule has 0 unspecified atom stereocenters. The lowest BCUT2D eigenvalue weighted by molar-refractivity contribution is 0.0616. The summed E-state index contributed by atoms with van der Waals surface area (Å²) in [6, 6.07) is 12.5. The number of hydrogen-bond acceptors (Lipinski definition) is 3. The Morgan fingerprint density at radius 2 is 2.00 bits per heavy atom. The Hall–Kier alpha value is -2.37. The molecule has 1 fully saturated rings. The van der Waals surface area contributed by atoms with Crippen molar-refractivity contribution in [2.45, 2.75) is 46.7 Å². The molecule has 0 radical (unpaired) electrons. The van der Waals surface area contributed by atoms with Crippen molar-refractivity contribution >= 4 is 38.2 Å². The summed E-state index contributed by atoms with van der Waals surface area (Å²) in [5.74, 6) is 0.737. The third-order valence-electron chi connectivity index (χ3n) is 6.01. The molecule has 4 heterocycles. The number of aryl methyl sites for hydroxylation is 1. The lowest BCUT2D eigenvalue weighted by Gasteiger charge is -2.22. The van der Waals surface area contributed by atoms with Gasteiger partial charge in [-0.3, -0.25) is 4.79 Å². The van der Waals surface area contributed by atoms with Gasteiger partial charge in [-0.1, -0.05) is 32.5 Å². The van der Waals surface area contributed by atoms with Gasteiger partial charge in [0, 0.05) is 54.4 Å². The van der Waals surface area contributed by atoms with Gasteiger partial charge in [-0.25, -0.2) is 0 Å². The molecule has 0 amide bonds. The largest absolute Gasteiger partial charge is 0.381 e. The normalized spacial score (nSPS) is 15.0. The van der Waals surface area contributed by atoms with Gasteiger partial charge in [-0.05, 0) is 48.8 Å². The number of para-hydroxylation sites is 1. The molecule has 30 heavy (non-hydrogen) atoms. The number of nitrogens with zero attached hydrogens (tertiary/aromatic N) is 2. The number of thiophene rings is 1. The van der Waals surface area contributed by atoms with E-state index in [9.17, 15) is 4.79 Å². The smallest absolute Gasteiger partial charge is 0.211 e. The summed E-state index contributed by atoms with van der Waals surface area (Å²) >= 11 is 1.71. The van der Waals surface area contributed by atoms with Crippen LogP contribution in [0, 0.1) is 5.92 Å². The minimum Gasteiger partial charge on any atom is -0.381 e. The van der Waals surface area contributed by atoms with E-state index in [2.05, 4.69) is 58.0 Å². The molecular formula is C25H30N2O2S. The minimum atomic E-state index is 0. The number of ether oxygens (including phenoxy) is 1. The third-order valence-corrected chi connectivity index (χ3v) is 6.96.